The maximum Gasteiger partial charge on any atom is 0.254 e. The Labute approximate surface area is 98.7 Å². The van der Waals surface area contributed by atoms with Gasteiger partial charge in [-0.05, 0) is 28.4 Å². The van der Waals surface area contributed by atoms with Gasteiger partial charge in [0.05, 0.1) is 4.83 Å². The van der Waals surface area contributed by atoms with Gasteiger partial charge in [-0.15, -0.1) is 0 Å². The van der Waals surface area contributed by atoms with Gasteiger partial charge in [0.25, 0.3) is 4.04 Å². The SMILES string of the molecule is Cc1ccc([C@@H](Br)[C@@](F)(Cl)Br)cc1. The molecule has 0 aliphatic carbocycles. The fourth-order valence-electron chi connectivity index (χ4n) is 0.924. The van der Waals surface area contributed by atoms with E-state index < -0.39 is 8.86 Å². The summed E-state index contributed by atoms with van der Waals surface area (Å²) in [6.07, 6.45) is 0. The summed E-state index contributed by atoms with van der Waals surface area (Å²) in [6, 6.07) is 7.51. The molecule has 0 N–H and O–H groups in total. The quantitative estimate of drug-likeness (QED) is 0.690. The smallest absolute Gasteiger partial charge is 0.212 e. The standard InChI is InChI=1S/C9H8Br2ClF/c1-6-2-4-7(5-3-6)8(10)9(11,12)13/h2-5,8H,1H3/t8-,9+/m1/s1. The molecule has 0 aliphatic heterocycles. The summed E-state index contributed by atoms with van der Waals surface area (Å²) < 4.78 is 11.3. The predicted molar refractivity (Wildman–Crippen MR) is 61.5 cm³/mol. The Morgan fingerprint density at radius 2 is 1.85 bits per heavy atom. The van der Waals surface area contributed by atoms with Crippen LogP contribution >= 0.6 is 43.5 Å². The van der Waals surface area contributed by atoms with Crippen molar-refractivity contribution in [3.05, 3.63) is 35.4 Å². The molecule has 0 heterocycles. The van der Waals surface area contributed by atoms with Gasteiger partial charge in [-0.25, -0.2) is 4.39 Å². The normalized spacial score (nSPS) is 17.9. The molecule has 4 heteroatoms. The second-order valence-corrected chi connectivity index (χ2v) is 5.89. The summed E-state index contributed by atoms with van der Waals surface area (Å²) in [6.45, 7) is 1.98. The predicted octanol–water partition coefficient (Wildman–Crippen LogP) is 4.69. The number of aryl methyl sites for hydroxylation is 1. The fourth-order valence-corrected chi connectivity index (χ4v) is 1.62. The lowest BCUT2D eigenvalue weighted by Gasteiger charge is -2.17. The lowest BCUT2D eigenvalue weighted by molar-refractivity contribution is 0.407. The first kappa shape index (κ1) is 11.5. The van der Waals surface area contributed by atoms with Crippen molar-refractivity contribution in [1.82, 2.24) is 0 Å². The Morgan fingerprint density at radius 3 is 2.23 bits per heavy atom. The van der Waals surface area contributed by atoms with E-state index in [4.69, 9.17) is 11.6 Å². The van der Waals surface area contributed by atoms with Crippen LogP contribution in [0.3, 0.4) is 0 Å². The third-order valence-corrected chi connectivity index (χ3v) is 4.37. The van der Waals surface area contributed by atoms with E-state index in [1.165, 1.54) is 0 Å². The van der Waals surface area contributed by atoms with E-state index in [9.17, 15) is 4.39 Å². The second kappa shape index (κ2) is 4.28. The highest BCUT2D eigenvalue weighted by Crippen LogP contribution is 2.44. The van der Waals surface area contributed by atoms with Gasteiger partial charge in [-0.2, -0.15) is 0 Å². The van der Waals surface area contributed by atoms with Crippen LogP contribution in [-0.2, 0) is 0 Å². The van der Waals surface area contributed by atoms with Crippen LogP contribution in [0.25, 0.3) is 0 Å². The lowest BCUT2D eigenvalue weighted by Crippen LogP contribution is -2.11. The van der Waals surface area contributed by atoms with Crippen molar-refractivity contribution in [3.8, 4) is 0 Å². The molecule has 0 amide bonds. The number of hydrogen-bond donors (Lipinski definition) is 0. The highest BCUT2D eigenvalue weighted by molar-refractivity contribution is 9.12. The molecule has 13 heavy (non-hydrogen) atoms. The molecule has 1 rings (SSSR count). The van der Waals surface area contributed by atoms with E-state index in [2.05, 4.69) is 31.9 Å². The number of benzene rings is 1. The van der Waals surface area contributed by atoms with Crippen molar-refractivity contribution >= 4 is 43.5 Å². The van der Waals surface area contributed by atoms with Crippen LogP contribution in [0.1, 0.15) is 16.0 Å². The van der Waals surface area contributed by atoms with E-state index in [1.54, 1.807) is 0 Å². The molecule has 1 aromatic carbocycles. The first-order valence-corrected chi connectivity index (χ1v) is 5.77. The number of alkyl halides is 4. The summed E-state index contributed by atoms with van der Waals surface area (Å²) in [5.41, 5.74) is 1.94. The first-order chi connectivity index (χ1) is 5.91. The van der Waals surface area contributed by atoms with Crippen LogP contribution in [0.5, 0.6) is 0 Å². The Bertz CT molecular complexity index is 279. The summed E-state index contributed by atoms with van der Waals surface area (Å²) in [4.78, 5) is -0.553. The third kappa shape index (κ3) is 3.22. The van der Waals surface area contributed by atoms with Crippen molar-refractivity contribution < 1.29 is 4.39 Å². The van der Waals surface area contributed by atoms with Gasteiger partial charge in [0.15, 0.2) is 0 Å². The third-order valence-electron chi connectivity index (χ3n) is 1.66. The highest BCUT2D eigenvalue weighted by atomic mass is 79.9. The zero-order chi connectivity index (χ0) is 10.1. The van der Waals surface area contributed by atoms with Gasteiger partial charge in [-0.3, -0.25) is 0 Å². The summed E-state index contributed by atoms with van der Waals surface area (Å²) in [5, 5.41) is 0. The van der Waals surface area contributed by atoms with Crippen LogP contribution in [0.2, 0.25) is 0 Å². The topological polar surface area (TPSA) is 0 Å². The minimum atomic E-state index is -1.94. The van der Waals surface area contributed by atoms with Gasteiger partial charge in [0.2, 0.25) is 0 Å². The Hall–Kier alpha value is 0.400. The Kier molecular flexibility index (Phi) is 3.78. The summed E-state index contributed by atoms with van der Waals surface area (Å²) >= 11 is 11.4. The van der Waals surface area contributed by atoms with Gasteiger partial charge >= 0.3 is 0 Å². The maximum atomic E-state index is 13.2. The monoisotopic (exact) mass is 328 g/mol. The zero-order valence-corrected chi connectivity index (χ0v) is 10.8. The van der Waals surface area contributed by atoms with Crippen molar-refractivity contribution in [2.75, 3.05) is 0 Å². The minimum Gasteiger partial charge on any atom is -0.212 e. The molecule has 0 saturated carbocycles. The molecule has 0 unspecified atom stereocenters. The number of hydrogen-bond acceptors (Lipinski definition) is 0. The number of halogens is 4. The van der Waals surface area contributed by atoms with Crippen molar-refractivity contribution in [1.29, 1.82) is 0 Å². The van der Waals surface area contributed by atoms with Gasteiger partial charge in [0.1, 0.15) is 0 Å². The molecule has 0 radical (unpaired) electrons. The average Bonchev–Trinajstić information content (AvgIpc) is 2.03. The van der Waals surface area contributed by atoms with Gasteiger partial charge in [-0.1, -0.05) is 57.4 Å². The maximum absolute atomic E-state index is 13.2. The molecule has 0 nitrogen and oxygen atoms in total. The molecule has 0 saturated heterocycles. The van der Waals surface area contributed by atoms with Crippen molar-refractivity contribution in [2.24, 2.45) is 0 Å². The Morgan fingerprint density at radius 1 is 1.38 bits per heavy atom. The lowest BCUT2D eigenvalue weighted by atomic mass is 10.1. The first-order valence-electron chi connectivity index (χ1n) is 3.68. The van der Waals surface area contributed by atoms with E-state index in [-0.39, 0.29) is 0 Å². The molecule has 0 aliphatic rings. The van der Waals surface area contributed by atoms with Crippen molar-refractivity contribution in [3.63, 3.8) is 0 Å². The van der Waals surface area contributed by atoms with E-state index in [0.717, 1.165) is 11.1 Å². The van der Waals surface area contributed by atoms with Crippen molar-refractivity contribution in [2.45, 2.75) is 15.8 Å². The molecule has 0 bridgehead atoms. The fraction of sp³-hybridized carbons (Fsp3) is 0.333. The van der Waals surface area contributed by atoms with Crippen LogP contribution < -0.4 is 0 Å². The molecular weight excluding hydrogens is 322 g/mol. The Balaban J connectivity index is 2.90. The van der Waals surface area contributed by atoms with E-state index >= 15 is 0 Å². The molecule has 0 spiro atoms. The summed E-state index contributed by atoms with van der Waals surface area (Å²) in [5.74, 6) is 0. The van der Waals surface area contributed by atoms with Crippen LogP contribution in [0, 0.1) is 6.92 Å². The molecule has 0 fully saturated rings. The van der Waals surface area contributed by atoms with E-state index in [1.807, 2.05) is 31.2 Å². The zero-order valence-electron chi connectivity index (χ0n) is 6.90. The number of rotatable bonds is 2. The van der Waals surface area contributed by atoms with Crippen LogP contribution in [0.15, 0.2) is 24.3 Å². The average molecular weight is 330 g/mol. The molecule has 1 aromatic rings. The van der Waals surface area contributed by atoms with Crippen LogP contribution in [0.4, 0.5) is 4.39 Å². The summed E-state index contributed by atoms with van der Waals surface area (Å²) in [7, 11) is 0. The van der Waals surface area contributed by atoms with Crippen LogP contribution in [-0.4, -0.2) is 4.04 Å². The molecule has 2 atom stereocenters. The van der Waals surface area contributed by atoms with Gasteiger partial charge in [0, 0.05) is 0 Å². The second-order valence-electron chi connectivity index (χ2n) is 2.81. The van der Waals surface area contributed by atoms with Gasteiger partial charge < -0.3 is 0 Å². The molecular formula is C9H8Br2ClF. The van der Waals surface area contributed by atoms with E-state index in [0.29, 0.717) is 0 Å². The minimum absolute atomic E-state index is 0.553. The molecule has 0 aromatic heterocycles. The largest absolute Gasteiger partial charge is 0.254 e. The molecule has 72 valence electrons. The highest BCUT2D eigenvalue weighted by Gasteiger charge is 2.33.